The summed E-state index contributed by atoms with van der Waals surface area (Å²) < 4.78 is 6.37. The van der Waals surface area contributed by atoms with Gasteiger partial charge in [-0.2, -0.15) is 0 Å². The lowest BCUT2D eigenvalue weighted by molar-refractivity contribution is -0.231. The average molecular weight is 385 g/mol. The van der Waals surface area contributed by atoms with Gasteiger partial charge in [-0.3, -0.25) is 0 Å². The highest BCUT2D eigenvalue weighted by atomic mass is 35.5. The number of halogens is 1. The van der Waals surface area contributed by atoms with Crippen molar-refractivity contribution in [2.45, 2.75) is 43.9 Å². The predicted octanol–water partition coefficient (Wildman–Crippen LogP) is 1.82. The number of aryl methyl sites for hydroxylation is 1. The average Bonchev–Trinajstić information content (AvgIpc) is 3.00. The molecule has 1 aromatic carbocycles. The van der Waals surface area contributed by atoms with Crippen molar-refractivity contribution in [3.8, 4) is 0 Å². The number of ether oxygens (including phenoxy) is 1. The Balaban J connectivity index is 1.88. The summed E-state index contributed by atoms with van der Waals surface area (Å²) in [5.41, 5.74) is 2.85. The molecule has 2 heterocycles. The van der Waals surface area contributed by atoms with Crippen molar-refractivity contribution < 1.29 is 25.2 Å². The molecule has 0 radical (unpaired) electrons. The molecule has 7 heteroatoms. The van der Waals surface area contributed by atoms with Gasteiger partial charge in [0.1, 0.15) is 30.5 Å². The molecule has 1 aliphatic rings. The van der Waals surface area contributed by atoms with E-state index in [1.165, 1.54) is 11.3 Å². The monoisotopic (exact) mass is 384 g/mol. The van der Waals surface area contributed by atoms with Gasteiger partial charge in [0.05, 0.1) is 10.9 Å². The van der Waals surface area contributed by atoms with Gasteiger partial charge in [-0.05, 0) is 35.7 Å². The Morgan fingerprint density at radius 1 is 1.08 bits per heavy atom. The maximum Gasteiger partial charge on any atom is 0.113 e. The first-order chi connectivity index (χ1) is 11.9. The van der Waals surface area contributed by atoms with Crippen LogP contribution in [0.2, 0.25) is 4.34 Å². The highest BCUT2D eigenvalue weighted by molar-refractivity contribution is 7.16. The molecule has 1 saturated heterocycles. The van der Waals surface area contributed by atoms with Crippen LogP contribution in [0.25, 0.3) is 0 Å². The number of hydrogen-bond donors (Lipinski definition) is 4. The molecule has 1 aromatic heterocycles. The molecule has 25 heavy (non-hydrogen) atoms. The van der Waals surface area contributed by atoms with Gasteiger partial charge in [0.2, 0.25) is 0 Å². The van der Waals surface area contributed by atoms with Crippen molar-refractivity contribution >= 4 is 22.9 Å². The summed E-state index contributed by atoms with van der Waals surface area (Å²) in [7, 11) is 0. The second kappa shape index (κ2) is 7.72. The second-order valence-electron chi connectivity index (χ2n) is 6.32. The minimum atomic E-state index is -1.38. The fourth-order valence-corrected chi connectivity index (χ4v) is 4.18. The Labute approximate surface area is 155 Å². The Hall–Kier alpha value is -0.990. The van der Waals surface area contributed by atoms with E-state index in [0.29, 0.717) is 12.0 Å². The van der Waals surface area contributed by atoms with Crippen LogP contribution in [0.5, 0.6) is 0 Å². The molecule has 0 aliphatic carbocycles. The van der Waals surface area contributed by atoms with Crippen molar-refractivity contribution in [2.75, 3.05) is 6.61 Å². The largest absolute Gasteiger partial charge is 0.394 e. The first-order valence-corrected chi connectivity index (χ1v) is 9.24. The molecule has 2 aromatic rings. The van der Waals surface area contributed by atoms with E-state index in [4.69, 9.17) is 16.3 Å². The summed E-state index contributed by atoms with van der Waals surface area (Å²) in [6.45, 7) is 1.56. The van der Waals surface area contributed by atoms with Crippen molar-refractivity contribution in [2.24, 2.45) is 0 Å². The lowest BCUT2D eigenvalue weighted by atomic mass is 9.89. The zero-order chi connectivity index (χ0) is 18.1. The van der Waals surface area contributed by atoms with Crippen LogP contribution >= 0.6 is 22.9 Å². The van der Waals surface area contributed by atoms with Gasteiger partial charge in [-0.25, -0.2) is 0 Å². The molecule has 4 N–H and O–H groups in total. The van der Waals surface area contributed by atoms with Gasteiger partial charge in [0.15, 0.2) is 0 Å². The van der Waals surface area contributed by atoms with E-state index < -0.39 is 37.1 Å². The minimum absolute atomic E-state index is 0.437. The number of hydrogen-bond acceptors (Lipinski definition) is 6. The molecule has 5 nitrogen and oxygen atoms in total. The van der Waals surface area contributed by atoms with Gasteiger partial charge >= 0.3 is 0 Å². The first kappa shape index (κ1) is 18.8. The van der Waals surface area contributed by atoms with Gasteiger partial charge in [-0.15, -0.1) is 11.3 Å². The summed E-state index contributed by atoms with van der Waals surface area (Å²) in [4.78, 5) is 1.12. The molecule has 5 atom stereocenters. The van der Waals surface area contributed by atoms with E-state index in [9.17, 15) is 20.4 Å². The molecule has 1 fully saturated rings. The summed E-state index contributed by atoms with van der Waals surface area (Å²) in [5, 5.41) is 39.5. The van der Waals surface area contributed by atoms with Crippen molar-refractivity contribution in [3.63, 3.8) is 0 Å². The van der Waals surface area contributed by atoms with Crippen LogP contribution in [-0.2, 0) is 11.2 Å². The van der Waals surface area contributed by atoms with Crippen molar-refractivity contribution in [3.05, 3.63) is 56.2 Å². The van der Waals surface area contributed by atoms with Gasteiger partial charge < -0.3 is 25.2 Å². The number of benzene rings is 1. The molecule has 1 aliphatic heterocycles. The van der Waals surface area contributed by atoms with Crippen LogP contribution in [0.3, 0.4) is 0 Å². The third-order valence-electron chi connectivity index (χ3n) is 4.59. The third kappa shape index (κ3) is 3.90. The van der Waals surface area contributed by atoms with Crippen molar-refractivity contribution in [1.82, 2.24) is 0 Å². The maximum atomic E-state index is 10.3. The van der Waals surface area contributed by atoms with Crippen LogP contribution < -0.4 is 0 Å². The fourth-order valence-electron chi connectivity index (χ4n) is 3.07. The van der Waals surface area contributed by atoms with Crippen LogP contribution in [-0.4, -0.2) is 51.4 Å². The predicted molar refractivity (Wildman–Crippen MR) is 96.0 cm³/mol. The highest BCUT2D eigenvalue weighted by Crippen LogP contribution is 2.34. The molecular weight excluding hydrogens is 364 g/mol. The van der Waals surface area contributed by atoms with Crippen LogP contribution in [0, 0.1) is 6.92 Å². The SMILES string of the molecule is Cc1ccc([C@@H]2O[C@H](CO)[C@@H](O)[C@H](O)[C@H]2O)cc1Cc1ccc(Cl)s1. The summed E-state index contributed by atoms with van der Waals surface area (Å²) in [5.74, 6) is 0. The van der Waals surface area contributed by atoms with E-state index in [1.807, 2.05) is 37.3 Å². The topological polar surface area (TPSA) is 90.2 Å². The second-order valence-corrected chi connectivity index (χ2v) is 8.12. The molecule has 3 rings (SSSR count). The van der Waals surface area contributed by atoms with Gasteiger partial charge in [-0.1, -0.05) is 29.8 Å². The fraction of sp³-hybridized carbons (Fsp3) is 0.444. The molecule has 136 valence electrons. The minimum Gasteiger partial charge on any atom is -0.394 e. The van der Waals surface area contributed by atoms with E-state index in [2.05, 4.69) is 0 Å². The standard InChI is InChI=1S/C18H21ClO5S/c1-9-2-3-10(6-11(9)7-12-4-5-14(19)25-12)18-17(23)16(22)15(21)13(8-20)24-18/h2-6,13,15-18,20-23H,7-8H2,1H3/t13-,15-,16+,17-,18+/m1/s1. The Morgan fingerprint density at radius 2 is 1.84 bits per heavy atom. The maximum absolute atomic E-state index is 10.3. The zero-order valence-corrected chi connectivity index (χ0v) is 15.2. The van der Waals surface area contributed by atoms with Gasteiger partial charge in [0, 0.05) is 11.3 Å². The number of thiophene rings is 1. The highest BCUT2D eigenvalue weighted by Gasteiger charge is 2.43. The molecular formula is C18H21ClO5S. The molecule has 0 amide bonds. The van der Waals surface area contributed by atoms with E-state index >= 15 is 0 Å². The third-order valence-corrected chi connectivity index (χ3v) is 5.82. The summed E-state index contributed by atoms with van der Waals surface area (Å²) in [6, 6.07) is 9.52. The smallest absolute Gasteiger partial charge is 0.113 e. The number of aliphatic hydroxyl groups excluding tert-OH is 4. The lowest BCUT2D eigenvalue weighted by Crippen LogP contribution is -2.55. The zero-order valence-electron chi connectivity index (χ0n) is 13.7. The van der Waals surface area contributed by atoms with Crippen LogP contribution in [0.15, 0.2) is 30.3 Å². The van der Waals surface area contributed by atoms with E-state index in [1.54, 1.807) is 0 Å². The number of rotatable bonds is 4. The lowest BCUT2D eigenvalue weighted by Gasteiger charge is -2.40. The van der Waals surface area contributed by atoms with E-state index in [0.717, 1.165) is 20.3 Å². The molecule has 0 unspecified atom stereocenters. The van der Waals surface area contributed by atoms with Crippen LogP contribution in [0.4, 0.5) is 0 Å². The van der Waals surface area contributed by atoms with Gasteiger partial charge in [0.25, 0.3) is 0 Å². The molecule has 0 bridgehead atoms. The van der Waals surface area contributed by atoms with E-state index in [-0.39, 0.29) is 0 Å². The van der Waals surface area contributed by atoms with Crippen molar-refractivity contribution in [1.29, 1.82) is 0 Å². The normalized spacial score (nSPS) is 29.8. The Kier molecular flexibility index (Phi) is 5.80. The summed E-state index contributed by atoms with van der Waals surface area (Å²) >= 11 is 7.51. The summed E-state index contributed by atoms with van der Waals surface area (Å²) in [6.07, 6.45) is -5.03. The first-order valence-electron chi connectivity index (χ1n) is 8.05. The quantitative estimate of drug-likeness (QED) is 0.645. The Bertz CT molecular complexity index is 732. The molecule has 0 saturated carbocycles. The molecule has 0 spiro atoms. The number of aliphatic hydroxyl groups is 4. The Morgan fingerprint density at radius 3 is 2.48 bits per heavy atom. The van der Waals surface area contributed by atoms with Crippen LogP contribution in [0.1, 0.15) is 27.7 Å².